The topological polar surface area (TPSA) is 105 Å². The molecule has 3 rings (SSSR count). The van der Waals surface area contributed by atoms with Gasteiger partial charge >= 0.3 is 5.69 Å². The van der Waals surface area contributed by atoms with Crippen LogP contribution in [0, 0.1) is 0 Å². The molecule has 1 saturated heterocycles. The van der Waals surface area contributed by atoms with Crippen LogP contribution in [0.5, 0.6) is 0 Å². The lowest BCUT2D eigenvalue weighted by atomic mass is 10.1. The minimum atomic E-state index is -1.03. The van der Waals surface area contributed by atoms with Gasteiger partial charge in [-0.15, -0.1) is 0 Å². The molecule has 0 radical (unpaired) electrons. The maximum Gasteiger partial charge on any atom is 0.330 e. The summed E-state index contributed by atoms with van der Waals surface area (Å²) in [6.45, 7) is -0.293. The highest BCUT2D eigenvalue weighted by molar-refractivity contribution is 9.09. The fraction of sp³-hybridized carbons (Fsp3) is 0.375. The lowest BCUT2D eigenvalue weighted by molar-refractivity contribution is -0.0531. The van der Waals surface area contributed by atoms with Gasteiger partial charge < -0.3 is 14.9 Å². The number of alkyl halides is 1. The van der Waals surface area contributed by atoms with Crippen molar-refractivity contribution in [1.82, 2.24) is 9.55 Å². The van der Waals surface area contributed by atoms with E-state index in [2.05, 4.69) is 20.9 Å². The zero-order chi connectivity index (χ0) is 17.3. The molecule has 0 unspecified atom stereocenters. The van der Waals surface area contributed by atoms with Crippen molar-refractivity contribution in [3.8, 4) is 0 Å². The van der Waals surface area contributed by atoms with Gasteiger partial charge in [0.25, 0.3) is 5.56 Å². The third-order valence-electron chi connectivity index (χ3n) is 4.02. The van der Waals surface area contributed by atoms with Gasteiger partial charge in [-0.1, -0.05) is 46.3 Å². The van der Waals surface area contributed by atoms with Crippen LogP contribution in [0.2, 0.25) is 0 Å². The largest absolute Gasteiger partial charge is 0.394 e. The van der Waals surface area contributed by atoms with E-state index in [0.29, 0.717) is 12.0 Å². The van der Waals surface area contributed by atoms with Crippen molar-refractivity contribution in [2.45, 2.75) is 29.7 Å². The van der Waals surface area contributed by atoms with Crippen molar-refractivity contribution in [2.24, 2.45) is 0 Å². The maximum absolute atomic E-state index is 12.1. The minimum absolute atomic E-state index is 0.293. The molecule has 1 fully saturated rings. The first kappa shape index (κ1) is 17.1. The van der Waals surface area contributed by atoms with Crippen LogP contribution in [0.3, 0.4) is 0 Å². The molecule has 0 aliphatic carbocycles. The Balaban J connectivity index is 1.96. The van der Waals surface area contributed by atoms with Crippen LogP contribution in [0.15, 0.2) is 46.1 Å². The highest BCUT2D eigenvalue weighted by Crippen LogP contribution is 2.32. The molecule has 3 N–H and O–H groups in total. The number of aliphatic hydroxyl groups excluding tert-OH is 2. The van der Waals surface area contributed by atoms with Crippen molar-refractivity contribution in [3.63, 3.8) is 0 Å². The number of aromatic amines is 1. The van der Waals surface area contributed by atoms with E-state index in [1.165, 1.54) is 6.20 Å². The van der Waals surface area contributed by atoms with E-state index in [0.717, 1.165) is 10.1 Å². The Bertz CT molecular complexity index is 819. The second kappa shape index (κ2) is 7.02. The molecule has 1 aromatic heterocycles. The number of rotatable bonds is 4. The Morgan fingerprint density at radius 1 is 1.25 bits per heavy atom. The quantitative estimate of drug-likeness (QED) is 0.637. The van der Waals surface area contributed by atoms with Gasteiger partial charge in [0.05, 0.1) is 17.5 Å². The van der Waals surface area contributed by atoms with Crippen LogP contribution in [-0.2, 0) is 11.2 Å². The first-order valence-electron chi connectivity index (χ1n) is 7.48. The van der Waals surface area contributed by atoms with Crippen LogP contribution in [-0.4, -0.2) is 43.4 Å². The maximum atomic E-state index is 12.1. The predicted octanol–water partition coefficient (Wildman–Crippen LogP) is 0.142. The summed E-state index contributed by atoms with van der Waals surface area (Å²) < 4.78 is 6.70. The molecule has 2 aromatic rings. The Hall–Kier alpha value is -1.74. The fourth-order valence-electron chi connectivity index (χ4n) is 2.74. The van der Waals surface area contributed by atoms with E-state index in [-0.39, 0.29) is 6.61 Å². The molecular formula is C16H17BrN2O5. The first-order chi connectivity index (χ1) is 11.5. The number of nitrogens with zero attached hydrogens (tertiary/aromatic N) is 1. The summed E-state index contributed by atoms with van der Waals surface area (Å²) in [6.07, 6.45) is -0.899. The van der Waals surface area contributed by atoms with E-state index in [4.69, 9.17) is 4.74 Å². The van der Waals surface area contributed by atoms with Crippen LogP contribution in [0.4, 0.5) is 0 Å². The Morgan fingerprint density at radius 3 is 2.58 bits per heavy atom. The Kier molecular flexibility index (Phi) is 5.00. The average Bonchev–Trinajstić information content (AvgIpc) is 2.86. The SMILES string of the molecule is O=c1[nH]c(=O)n([C@@H]2O[C@H](CO)[C@H](Br)[C@H]2O)cc1Cc1ccccc1. The van der Waals surface area contributed by atoms with E-state index in [1.807, 2.05) is 30.3 Å². The summed E-state index contributed by atoms with van der Waals surface area (Å²) in [6, 6.07) is 9.37. The van der Waals surface area contributed by atoms with E-state index in [1.54, 1.807) is 0 Å². The van der Waals surface area contributed by atoms with Crippen molar-refractivity contribution >= 4 is 15.9 Å². The molecule has 2 heterocycles. The van der Waals surface area contributed by atoms with Gasteiger partial charge in [-0.05, 0) is 5.56 Å². The molecule has 4 atom stereocenters. The molecule has 128 valence electrons. The number of ether oxygens (including phenoxy) is 1. The first-order valence-corrected chi connectivity index (χ1v) is 8.39. The molecule has 0 spiro atoms. The molecule has 8 heteroatoms. The number of benzene rings is 1. The molecule has 1 aliphatic heterocycles. The van der Waals surface area contributed by atoms with E-state index >= 15 is 0 Å². The summed E-state index contributed by atoms with van der Waals surface area (Å²) in [5.74, 6) is 0. The van der Waals surface area contributed by atoms with Gasteiger partial charge in [-0.2, -0.15) is 0 Å². The number of hydrogen-bond acceptors (Lipinski definition) is 5. The second-order valence-corrected chi connectivity index (χ2v) is 6.72. The zero-order valence-electron chi connectivity index (χ0n) is 12.6. The van der Waals surface area contributed by atoms with Crippen LogP contribution in [0.25, 0.3) is 0 Å². The molecule has 0 saturated carbocycles. The Labute approximate surface area is 145 Å². The average molecular weight is 397 g/mol. The fourth-order valence-corrected chi connectivity index (χ4v) is 3.30. The number of nitrogens with one attached hydrogen (secondary N) is 1. The van der Waals surface area contributed by atoms with E-state index < -0.39 is 34.5 Å². The van der Waals surface area contributed by atoms with Crippen molar-refractivity contribution < 1.29 is 14.9 Å². The van der Waals surface area contributed by atoms with Crippen molar-refractivity contribution in [2.75, 3.05) is 6.61 Å². The third kappa shape index (κ3) is 3.23. The predicted molar refractivity (Wildman–Crippen MR) is 90.3 cm³/mol. The van der Waals surface area contributed by atoms with Gasteiger partial charge in [-0.3, -0.25) is 14.3 Å². The van der Waals surface area contributed by atoms with Gasteiger partial charge in [0.1, 0.15) is 6.10 Å². The monoisotopic (exact) mass is 396 g/mol. The molecule has 1 aliphatic rings. The number of aliphatic hydroxyl groups is 2. The van der Waals surface area contributed by atoms with Gasteiger partial charge in [0, 0.05) is 18.2 Å². The summed E-state index contributed by atoms with van der Waals surface area (Å²) in [5, 5.41) is 19.5. The van der Waals surface area contributed by atoms with Crippen LogP contribution in [0.1, 0.15) is 17.4 Å². The Morgan fingerprint density at radius 2 is 1.96 bits per heavy atom. The molecule has 1 aromatic carbocycles. The number of H-pyrrole nitrogens is 1. The highest BCUT2D eigenvalue weighted by atomic mass is 79.9. The smallest absolute Gasteiger partial charge is 0.330 e. The lowest BCUT2D eigenvalue weighted by Crippen LogP contribution is -2.38. The molecule has 7 nitrogen and oxygen atoms in total. The third-order valence-corrected chi connectivity index (χ3v) is 5.15. The summed E-state index contributed by atoms with van der Waals surface area (Å²) in [4.78, 5) is 25.9. The molecule has 0 amide bonds. The normalized spacial score (nSPS) is 26.6. The molecule has 0 bridgehead atoms. The highest BCUT2D eigenvalue weighted by Gasteiger charge is 2.43. The zero-order valence-corrected chi connectivity index (χ0v) is 14.2. The summed E-state index contributed by atoms with van der Waals surface area (Å²) in [5.41, 5.74) is 0.170. The lowest BCUT2D eigenvalue weighted by Gasteiger charge is -2.18. The van der Waals surface area contributed by atoms with E-state index in [9.17, 15) is 19.8 Å². The van der Waals surface area contributed by atoms with Crippen LogP contribution < -0.4 is 11.2 Å². The summed E-state index contributed by atoms with van der Waals surface area (Å²) in [7, 11) is 0. The van der Waals surface area contributed by atoms with Crippen molar-refractivity contribution in [1.29, 1.82) is 0 Å². The van der Waals surface area contributed by atoms with Crippen LogP contribution >= 0.6 is 15.9 Å². The van der Waals surface area contributed by atoms with Gasteiger partial charge in [0.15, 0.2) is 6.23 Å². The number of halogens is 1. The minimum Gasteiger partial charge on any atom is -0.394 e. The second-order valence-electron chi connectivity index (χ2n) is 5.67. The number of hydrogen-bond donors (Lipinski definition) is 3. The van der Waals surface area contributed by atoms with Gasteiger partial charge in [0.2, 0.25) is 0 Å². The number of aromatic nitrogens is 2. The van der Waals surface area contributed by atoms with Crippen molar-refractivity contribution in [3.05, 3.63) is 68.5 Å². The molecular weight excluding hydrogens is 380 g/mol. The van der Waals surface area contributed by atoms with Gasteiger partial charge in [-0.25, -0.2) is 4.79 Å². The molecule has 24 heavy (non-hydrogen) atoms. The standard InChI is InChI=1S/C16H17BrN2O5/c17-12-11(8-20)24-15(13(12)21)19-7-10(14(22)18-16(19)23)6-9-4-2-1-3-5-9/h1-5,7,11-13,15,20-21H,6,8H2,(H,18,22,23)/t11-,12+,13-,15-/m1/s1. The summed E-state index contributed by atoms with van der Waals surface area (Å²) >= 11 is 3.26.